The summed E-state index contributed by atoms with van der Waals surface area (Å²) in [6.07, 6.45) is -0.579. The van der Waals surface area contributed by atoms with Gasteiger partial charge in [-0.1, -0.05) is 44.2 Å². The van der Waals surface area contributed by atoms with Crippen molar-refractivity contribution in [2.75, 3.05) is 26.7 Å². The molecule has 1 heterocycles. The predicted molar refractivity (Wildman–Crippen MR) is 80.5 cm³/mol. The quantitative estimate of drug-likeness (QED) is 0.816. The maximum atomic E-state index is 12.7. The van der Waals surface area contributed by atoms with Crippen molar-refractivity contribution in [3.63, 3.8) is 0 Å². The Labute approximate surface area is 126 Å². The molecule has 0 spiro atoms. The second-order valence-corrected chi connectivity index (χ2v) is 6.81. The average molecular weight is 311 g/mol. The number of hydrogen-bond acceptors (Lipinski definition) is 3. The zero-order valence-corrected chi connectivity index (χ0v) is 13.4. The Kier molecular flexibility index (Phi) is 4.65. The highest BCUT2D eigenvalue weighted by Crippen LogP contribution is 2.32. The van der Waals surface area contributed by atoms with Gasteiger partial charge in [0.05, 0.1) is 6.54 Å². The molecule has 0 saturated carbocycles. The van der Waals surface area contributed by atoms with Gasteiger partial charge < -0.3 is 4.90 Å². The van der Waals surface area contributed by atoms with Crippen LogP contribution < -0.4 is 0 Å². The minimum atomic E-state index is -3.66. The zero-order valence-electron chi connectivity index (χ0n) is 12.6. The lowest BCUT2D eigenvalue weighted by molar-refractivity contribution is -0.126. The second-order valence-electron chi connectivity index (χ2n) is 4.93. The summed E-state index contributed by atoms with van der Waals surface area (Å²) in [6, 6.07) is 9.22. The van der Waals surface area contributed by atoms with Gasteiger partial charge in [0.25, 0.3) is 10.2 Å². The molecular weight excluding hydrogens is 290 g/mol. The number of benzene rings is 1. The van der Waals surface area contributed by atoms with Crippen LogP contribution in [-0.2, 0) is 15.0 Å². The average Bonchev–Trinajstić information content (AvgIpc) is 2.77. The Morgan fingerprint density at radius 3 is 2.29 bits per heavy atom. The number of carbonyl (C=O) groups is 1. The van der Waals surface area contributed by atoms with Crippen molar-refractivity contribution < 1.29 is 13.2 Å². The van der Waals surface area contributed by atoms with E-state index in [0.29, 0.717) is 13.1 Å². The number of hydrogen-bond donors (Lipinski definition) is 0. The molecule has 1 fully saturated rings. The highest BCUT2D eigenvalue weighted by molar-refractivity contribution is 7.86. The van der Waals surface area contributed by atoms with Crippen molar-refractivity contribution in [1.29, 1.82) is 0 Å². The lowest BCUT2D eigenvalue weighted by Gasteiger charge is -2.31. The van der Waals surface area contributed by atoms with Gasteiger partial charge >= 0.3 is 0 Å². The number of carbonyl (C=O) groups excluding carboxylic acids is 1. The first-order chi connectivity index (χ1) is 9.93. The van der Waals surface area contributed by atoms with Gasteiger partial charge in [-0.15, -0.1) is 0 Å². The summed E-state index contributed by atoms with van der Waals surface area (Å²) in [5.41, 5.74) is 0.793. The van der Waals surface area contributed by atoms with E-state index in [0.717, 1.165) is 5.56 Å². The van der Waals surface area contributed by atoms with E-state index >= 15 is 0 Å². The lowest BCUT2D eigenvalue weighted by Crippen LogP contribution is -2.44. The Balaban J connectivity index is 2.44. The molecule has 7 heteroatoms. The summed E-state index contributed by atoms with van der Waals surface area (Å²) in [4.78, 5) is 13.5. The zero-order chi connectivity index (χ0) is 15.6. The van der Waals surface area contributed by atoms with Crippen molar-refractivity contribution in [3.8, 4) is 0 Å². The normalized spacial score (nSPS) is 20.5. The van der Waals surface area contributed by atoms with Crippen LogP contribution >= 0.6 is 0 Å². The summed E-state index contributed by atoms with van der Waals surface area (Å²) in [6.45, 7) is 4.23. The van der Waals surface area contributed by atoms with Crippen LogP contribution in [0.5, 0.6) is 0 Å². The first-order valence-corrected chi connectivity index (χ1v) is 8.40. The molecule has 1 aromatic rings. The molecule has 0 bridgehead atoms. The van der Waals surface area contributed by atoms with E-state index in [4.69, 9.17) is 0 Å². The van der Waals surface area contributed by atoms with Crippen LogP contribution in [0.1, 0.15) is 25.6 Å². The standard InChI is InChI=1S/C14H21N3O3S/c1-4-16(5-2)21(19,20)17-11-13(18)15(3)14(17)12-9-7-6-8-10-12/h6-10,14H,4-5,11H2,1-3H3/t14-/m1/s1. The van der Waals surface area contributed by atoms with Crippen molar-refractivity contribution in [3.05, 3.63) is 35.9 Å². The Bertz CT molecular complexity index is 599. The molecule has 0 radical (unpaired) electrons. The SMILES string of the molecule is CCN(CC)S(=O)(=O)N1CC(=O)N(C)[C@H]1c1ccccc1. The Morgan fingerprint density at radius 2 is 1.76 bits per heavy atom. The van der Waals surface area contributed by atoms with Crippen LogP contribution in [0.25, 0.3) is 0 Å². The molecule has 1 saturated heterocycles. The molecule has 1 aliphatic rings. The van der Waals surface area contributed by atoms with Gasteiger partial charge in [-0.3, -0.25) is 4.79 Å². The van der Waals surface area contributed by atoms with Crippen molar-refractivity contribution in [2.45, 2.75) is 20.0 Å². The topological polar surface area (TPSA) is 60.9 Å². The molecule has 6 nitrogen and oxygen atoms in total. The summed E-state index contributed by atoms with van der Waals surface area (Å²) in [5.74, 6) is -0.195. The van der Waals surface area contributed by atoms with Crippen LogP contribution in [0.4, 0.5) is 0 Å². The van der Waals surface area contributed by atoms with Crippen LogP contribution in [0.15, 0.2) is 30.3 Å². The van der Waals surface area contributed by atoms with Crippen molar-refractivity contribution >= 4 is 16.1 Å². The second kappa shape index (κ2) is 6.13. The molecule has 0 unspecified atom stereocenters. The van der Waals surface area contributed by atoms with Gasteiger partial charge in [-0.2, -0.15) is 17.0 Å². The van der Waals surface area contributed by atoms with E-state index in [1.165, 1.54) is 13.5 Å². The molecule has 21 heavy (non-hydrogen) atoms. The fourth-order valence-electron chi connectivity index (χ4n) is 2.58. The monoisotopic (exact) mass is 311 g/mol. The van der Waals surface area contributed by atoms with Gasteiger partial charge in [0, 0.05) is 20.1 Å². The molecule has 1 amide bonds. The first kappa shape index (κ1) is 15.9. The third-order valence-corrected chi connectivity index (χ3v) is 5.84. The summed E-state index contributed by atoms with van der Waals surface area (Å²) < 4.78 is 28.1. The maximum Gasteiger partial charge on any atom is 0.284 e. The summed E-state index contributed by atoms with van der Waals surface area (Å²) in [5, 5.41) is 0. The summed E-state index contributed by atoms with van der Waals surface area (Å²) in [7, 11) is -2.02. The van der Waals surface area contributed by atoms with Crippen LogP contribution in [0, 0.1) is 0 Å². The van der Waals surface area contributed by atoms with E-state index in [2.05, 4.69) is 0 Å². The molecule has 0 aromatic heterocycles. The number of rotatable bonds is 5. The molecule has 1 aromatic carbocycles. The number of amides is 1. The van der Waals surface area contributed by atoms with Crippen molar-refractivity contribution in [2.24, 2.45) is 0 Å². The van der Waals surface area contributed by atoms with Gasteiger partial charge in [0.1, 0.15) is 6.17 Å². The Hall–Kier alpha value is -1.44. The highest BCUT2D eigenvalue weighted by Gasteiger charge is 2.44. The smallest absolute Gasteiger partial charge is 0.284 e. The first-order valence-electron chi connectivity index (χ1n) is 7.01. The molecule has 2 rings (SSSR count). The van der Waals surface area contributed by atoms with E-state index in [1.54, 1.807) is 20.9 Å². The largest absolute Gasteiger partial charge is 0.324 e. The molecular formula is C14H21N3O3S. The number of likely N-dealkylation sites (N-methyl/N-ethyl adjacent to an activating group) is 1. The van der Waals surface area contributed by atoms with Crippen LogP contribution in [-0.4, -0.2) is 54.5 Å². The molecule has 116 valence electrons. The molecule has 1 aliphatic heterocycles. The van der Waals surface area contributed by atoms with E-state index in [9.17, 15) is 13.2 Å². The minimum absolute atomic E-state index is 0.116. The van der Waals surface area contributed by atoms with E-state index in [-0.39, 0.29) is 12.5 Å². The minimum Gasteiger partial charge on any atom is -0.324 e. The van der Waals surface area contributed by atoms with Gasteiger partial charge in [0.15, 0.2) is 0 Å². The van der Waals surface area contributed by atoms with Crippen LogP contribution in [0.2, 0.25) is 0 Å². The highest BCUT2D eigenvalue weighted by atomic mass is 32.2. The van der Waals surface area contributed by atoms with Gasteiger partial charge in [-0.05, 0) is 5.56 Å². The number of nitrogens with zero attached hydrogens (tertiary/aromatic N) is 3. The van der Waals surface area contributed by atoms with Gasteiger partial charge in [-0.25, -0.2) is 0 Å². The third kappa shape index (κ3) is 2.81. The predicted octanol–water partition coefficient (Wildman–Crippen LogP) is 1.05. The van der Waals surface area contributed by atoms with Gasteiger partial charge in [0.2, 0.25) is 5.91 Å². The fourth-order valence-corrected chi connectivity index (χ4v) is 4.32. The van der Waals surface area contributed by atoms with E-state index in [1.807, 2.05) is 30.3 Å². The fraction of sp³-hybridized carbons (Fsp3) is 0.500. The van der Waals surface area contributed by atoms with E-state index < -0.39 is 16.4 Å². The van der Waals surface area contributed by atoms with Crippen molar-refractivity contribution in [1.82, 2.24) is 13.5 Å². The molecule has 0 aliphatic carbocycles. The maximum absolute atomic E-state index is 12.7. The summed E-state index contributed by atoms with van der Waals surface area (Å²) >= 11 is 0. The molecule has 1 atom stereocenters. The lowest BCUT2D eigenvalue weighted by atomic mass is 10.2. The Morgan fingerprint density at radius 1 is 1.19 bits per heavy atom. The third-order valence-electron chi connectivity index (χ3n) is 3.75. The molecule has 0 N–H and O–H groups in total. The van der Waals surface area contributed by atoms with Crippen LogP contribution in [0.3, 0.4) is 0 Å².